The molecule has 1 aromatic rings. The van der Waals surface area contributed by atoms with E-state index in [9.17, 15) is 16.8 Å². The minimum Gasteiger partial charge on any atom is -0.326 e. The second-order valence-electron chi connectivity index (χ2n) is 5.23. The third-order valence-electron chi connectivity index (χ3n) is 3.59. The molecule has 118 valence electrons. The first kappa shape index (κ1) is 16.4. The van der Waals surface area contributed by atoms with Gasteiger partial charge in [0.15, 0.2) is 9.84 Å². The summed E-state index contributed by atoms with van der Waals surface area (Å²) in [6.07, 6.45) is 2.07. The van der Waals surface area contributed by atoms with E-state index in [0.717, 1.165) is 12.8 Å². The molecule has 21 heavy (non-hydrogen) atoms. The van der Waals surface area contributed by atoms with Crippen molar-refractivity contribution in [3.63, 3.8) is 0 Å². The lowest BCUT2D eigenvalue weighted by atomic mass is 10.2. The van der Waals surface area contributed by atoms with E-state index in [1.165, 1.54) is 31.2 Å². The molecule has 1 aromatic carbocycles. The predicted octanol–water partition coefficient (Wildman–Crippen LogP) is 0.496. The van der Waals surface area contributed by atoms with Gasteiger partial charge in [-0.05, 0) is 37.0 Å². The van der Waals surface area contributed by atoms with Gasteiger partial charge in [-0.15, -0.1) is 0 Å². The summed E-state index contributed by atoms with van der Waals surface area (Å²) in [4.78, 5) is -0.0422. The number of sulfonamides is 1. The molecule has 1 saturated carbocycles. The Hall–Kier alpha value is -0.960. The number of benzene rings is 1. The highest BCUT2D eigenvalue weighted by molar-refractivity contribution is 7.91. The van der Waals surface area contributed by atoms with E-state index in [1.54, 1.807) is 0 Å². The van der Waals surface area contributed by atoms with Crippen molar-refractivity contribution in [3.05, 3.63) is 24.3 Å². The molecule has 1 fully saturated rings. The maximum atomic E-state index is 12.2. The normalized spacial score (nSPS) is 17.6. The fourth-order valence-corrected chi connectivity index (χ4v) is 4.10. The molecule has 0 radical (unpaired) electrons. The van der Waals surface area contributed by atoms with Gasteiger partial charge < -0.3 is 5.73 Å². The minimum atomic E-state index is -3.75. The van der Waals surface area contributed by atoms with Crippen molar-refractivity contribution in [2.24, 2.45) is 11.7 Å². The second kappa shape index (κ2) is 6.04. The van der Waals surface area contributed by atoms with Crippen molar-refractivity contribution in [2.75, 3.05) is 12.3 Å². The first-order chi connectivity index (χ1) is 9.76. The van der Waals surface area contributed by atoms with Gasteiger partial charge in [0.25, 0.3) is 0 Å². The van der Waals surface area contributed by atoms with Crippen LogP contribution < -0.4 is 10.5 Å². The number of nitrogens with two attached hydrogens (primary N) is 1. The molecule has 1 aliphatic rings. The van der Waals surface area contributed by atoms with Crippen LogP contribution in [-0.2, 0) is 19.9 Å². The van der Waals surface area contributed by atoms with Gasteiger partial charge in [-0.2, -0.15) is 0 Å². The zero-order valence-electron chi connectivity index (χ0n) is 11.8. The average Bonchev–Trinajstić information content (AvgIpc) is 3.29. The lowest BCUT2D eigenvalue weighted by Gasteiger charge is -2.12. The Morgan fingerprint density at radius 2 is 1.86 bits per heavy atom. The van der Waals surface area contributed by atoms with Crippen LogP contribution in [0.2, 0.25) is 0 Å². The van der Waals surface area contributed by atoms with Crippen LogP contribution in [0.5, 0.6) is 0 Å². The van der Waals surface area contributed by atoms with E-state index in [1.807, 2.05) is 0 Å². The standard InChI is InChI=1S/C13H20N2O4S2/c1-2-20(16,17)11-4-3-5-12(8-11)21(18,19)15-9-13(14)10-6-7-10/h3-5,8,10,13,15H,2,6-7,9,14H2,1H3. The maximum Gasteiger partial charge on any atom is 0.240 e. The quantitative estimate of drug-likeness (QED) is 0.756. The van der Waals surface area contributed by atoms with Gasteiger partial charge >= 0.3 is 0 Å². The first-order valence-corrected chi connectivity index (χ1v) is 9.98. The van der Waals surface area contributed by atoms with Crippen molar-refractivity contribution < 1.29 is 16.8 Å². The molecule has 3 N–H and O–H groups in total. The molecule has 1 unspecified atom stereocenters. The van der Waals surface area contributed by atoms with Crippen LogP contribution in [0.3, 0.4) is 0 Å². The van der Waals surface area contributed by atoms with Crippen LogP contribution in [0.4, 0.5) is 0 Å². The van der Waals surface area contributed by atoms with Crippen LogP contribution in [0.1, 0.15) is 19.8 Å². The Balaban J connectivity index is 2.18. The Labute approximate surface area is 125 Å². The van der Waals surface area contributed by atoms with E-state index >= 15 is 0 Å². The summed E-state index contributed by atoms with van der Waals surface area (Å²) in [7, 11) is -7.18. The van der Waals surface area contributed by atoms with Crippen LogP contribution >= 0.6 is 0 Å². The van der Waals surface area contributed by atoms with Crippen molar-refractivity contribution >= 4 is 19.9 Å². The molecule has 0 heterocycles. The van der Waals surface area contributed by atoms with E-state index in [0.29, 0.717) is 5.92 Å². The molecule has 0 amide bonds. The average molecular weight is 332 g/mol. The lowest BCUT2D eigenvalue weighted by Crippen LogP contribution is -2.38. The number of nitrogens with one attached hydrogen (secondary N) is 1. The largest absolute Gasteiger partial charge is 0.326 e. The molecule has 0 spiro atoms. The summed E-state index contributed by atoms with van der Waals surface area (Å²) in [6.45, 7) is 1.68. The highest BCUT2D eigenvalue weighted by Crippen LogP contribution is 2.31. The zero-order chi connectivity index (χ0) is 15.7. The maximum absolute atomic E-state index is 12.2. The summed E-state index contributed by atoms with van der Waals surface area (Å²) in [5.74, 6) is 0.315. The van der Waals surface area contributed by atoms with E-state index in [4.69, 9.17) is 5.73 Å². The molecule has 0 aliphatic heterocycles. The van der Waals surface area contributed by atoms with Gasteiger partial charge in [-0.1, -0.05) is 13.0 Å². The van der Waals surface area contributed by atoms with E-state index in [-0.39, 0.29) is 28.1 Å². The van der Waals surface area contributed by atoms with Gasteiger partial charge in [0.1, 0.15) is 0 Å². The minimum absolute atomic E-state index is 0.0133. The van der Waals surface area contributed by atoms with Gasteiger partial charge in [0.05, 0.1) is 15.5 Å². The van der Waals surface area contributed by atoms with Gasteiger partial charge in [-0.25, -0.2) is 21.6 Å². The van der Waals surface area contributed by atoms with E-state index < -0.39 is 19.9 Å². The summed E-state index contributed by atoms with van der Waals surface area (Å²) < 4.78 is 50.4. The molecule has 6 nitrogen and oxygen atoms in total. The Kier molecular flexibility index (Phi) is 4.72. The molecule has 2 rings (SSSR count). The van der Waals surface area contributed by atoms with Crippen molar-refractivity contribution in [1.29, 1.82) is 0 Å². The number of hydrogen-bond donors (Lipinski definition) is 2. The van der Waals surface area contributed by atoms with Gasteiger partial charge in [0, 0.05) is 12.6 Å². The van der Waals surface area contributed by atoms with Gasteiger partial charge in [0.2, 0.25) is 10.0 Å². The van der Waals surface area contributed by atoms with Gasteiger partial charge in [-0.3, -0.25) is 0 Å². The highest BCUT2D eigenvalue weighted by Gasteiger charge is 2.29. The fourth-order valence-electron chi connectivity index (χ4n) is 1.98. The summed E-state index contributed by atoms with van der Waals surface area (Å²) >= 11 is 0. The third kappa shape index (κ3) is 4.03. The molecular formula is C13H20N2O4S2. The number of rotatable bonds is 7. The van der Waals surface area contributed by atoms with Crippen molar-refractivity contribution in [1.82, 2.24) is 4.72 Å². The molecule has 8 heteroatoms. The van der Waals surface area contributed by atoms with Crippen LogP contribution in [0.15, 0.2) is 34.1 Å². The zero-order valence-corrected chi connectivity index (χ0v) is 13.5. The number of sulfone groups is 1. The van der Waals surface area contributed by atoms with Crippen molar-refractivity contribution in [3.8, 4) is 0 Å². The summed E-state index contributed by atoms with van der Waals surface area (Å²) in [5.41, 5.74) is 5.86. The molecule has 1 atom stereocenters. The van der Waals surface area contributed by atoms with Crippen LogP contribution in [-0.4, -0.2) is 35.2 Å². The fraction of sp³-hybridized carbons (Fsp3) is 0.538. The monoisotopic (exact) mass is 332 g/mol. The predicted molar refractivity (Wildman–Crippen MR) is 80.1 cm³/mol. The molecule has 1 aliphatic carbocycles. The topological polar surface area (TPSA) is 106 Å². The Bertz CT molecular complexity index is 709. The highest BCUT2D eigenvalue weighted by atomic mass is 32.2. The lowest BCUT2D eigenvalue weighted by molar-refractivity contribution is 0.547. The SMILES string of the molecule is CCS(=O)(=O)c1cccc(S(=O)(=O)NCC(N)C2CC2)c1. The number of hydrogen-bond acceptors (Lipinski definition) is 5. The van der Waals surface area contributed by atoms with Crippen molar-refractivity contribution in [2.45, 2.75) is 35.6 Å². The molecular weight excluding hydrogens is 312 g/mol. The molecule has 0 bridgehead atoms. The molecule has 0 saturated heterocycles. The van der Waals surface area contributed by atoms with Crippen LogP contribution in [0, 0.1) is 5.92 Å². The first-order valence-electron chi connectivity index (χ1n) is 6.84. The Morgan fingerprint density at radius 3 is 2.43 bits per heavy atom. The second-order valence-corrected chi connectivity index (χ2v) is 9.28. The van der Waals surface area contributed by atoms with E-state index in [2.05, 4.69) is 4.72 Å². The summed E-state index contributed by atoms with van der Waals surface area (Å²) in [5, 5.41) is 0. The Morgan fingerprint density at radius 1 is 1.24 bits per heavy atom. The summed E-state index contributed by atoms with van der Waals surface area (Å²) in [6, 6.07) is 5.19. The van der Waals surface area contributed by atoms with Crippen LogP contribution in [0.25, 0.3) is 0 Å². The third-order valence-corrected chi connectivity index (χ3v) is 6.75. The molecule has 0 aromatic heterocycles. The smallest absolute Gasteiger partial charge is 0.240 e.